The molecule has 0 unspecified atom stereocenters. The molecule has 0 amide bonds. The molecule has 5 heteroatoms. The summed E-state index contributed by atoms with van der Waals surface area (Å²) in [5.41, 5.74) is 5.84. The summed E-state index contributed by atoms with van der Waals surface area (Å²) in [5, 5.41) is 6.65. The highest BCUT2D eigenvalue weighted by Crippen LogP contribution is 2.24. The van der Waals surface area contributed by atoms with Crippen molar-refractivity contribution in [1.29, 1.82) is 0 Å². The lowest BCUT2D eigenvalue weighted by molar-refractivity contribution is 0.578. The fourth-order valence-electron chi connectivity index (χ4n) is 3.49. The minimum Gasteiger partial charge on any atom is -0.372 e. The molecule has 0 spiro atoms. The van der Waals surface area contributed by atoms with Crippen LogP contribution in [-0.2, 0) is 0 Å². The summed E-state index contributed by atoms with van der Waals surface area (Å²) >= 11 is 0. The SMILES string of the molecule is Cc1ccc(Nc2ccnc(Nc3ccc(N4CCCCC4)cc3)n2)cc1C. The molecular formula is C23H27N5. The van der Waals surface area contributed by atoms with Gasteiger partial charge in [-0.2, -0.15) is 4.98 Å². The highest BCUT2D eigenvalue weighted by atomic mass is 15.1. The van der Waals surface area contributed by atoms with Gasteiger partial charge in [0.15, 0.2) is 0 Å². The Labute approximate surface area is 166 Å². The van der Waals surface area contributed by atoms with Crippen molar-refractivity contribution >= 4 is 28.8 Å². The van der Waals surface area contributed by atoms with E-state index >= 15 is 0 Å². The molecule has 2 heterocycles. The van der Waals surface area contributed by atoms with Crippen molar-refractivity contribution in [2.24, 2.45) is 0 Å². The fraction of sp³-hybridized carbons (Fsp3) is 0.304. The standard InChI is InChI=1S/C23H27N5/c1-17-6-7-20(16-18(17)2)25-22-12-13-24-23(27-22)26-19-8-10-21(11-9-19)28-14-4-3-5-15-28/h6-13,16H,3-5,14-15H2,1-2H3,(H2,24,25,26,27). The van der Waals surface area contributed by atoms with Crippen LogP contribution in [0.4, 0.5) is 28.8 Å². The predicted molar refractivity (Wildman–Crippen MR) is 117 cm³/mol. The summed E-state index contributed by atoms with van der Waals surface area (Å²) in [7, 11) is 0. The van der Waals surface area contributed by atoms with E-state index in [1.807, 2.05) is 6.07 Å². The van der Waals surface area contributed by atoms with Crippen LogP contribution in [0.25, 0.3) is 0 Å². The predicted octanol–water partition coefficient (Wildman–Crippen LogP) is 5.57. The Bertz CT molecular complexity index is 930. The molecule has 1 saturated heterocycles. The van der Waals surface area contributed by atoms with Gasteiger partial charge in [0.25, 0.3) is 0 Å². The number of piperidine rings is 1. The van der Waals surface area contributed by atoms with E-state index in [0.717, 1.165) is 30.3 Å². The number of nitrogens with zero attached hydrogens (tertiary/aromatic N) is 3. The molecule has 1 fully saturated rings. The van der Waals surface area contributed by atoms with Crippen LogP contribution >= 0.6 is 0 Å². The molecule has 0 bridgehead atoms. The van der Waals surface area contributed by atoms with Gasteiger partial charge in [0.2, 0.25) is 5.95 Å². The van der Waals surface area contributed by atoms with Crippen molar-refractivity contribution in [3.05, 3.63) is 65.9 Å². The van der Waals surface area contributed by atoms with E-state index in [1.165, 1.54) is 36.1 Å². The molecule has 4 rings (SSSR count). The zero-order valence-electron chi connectivity index (χ0n) is 16.6. The van der Waals surface area contributed by atoms with Gasteiger partial charge < -0.3 is 15.5 Å². The van der Waals surface area contributed by atoms with Gasteiger partial charge in [0.05, 0.1) is 0 Å². The van der Waals surface area contributed by atoms with Crippen molar-refractivity contribution in [2.45, 2.75) is 33.1 Å². The second-order valence-corrected chi connectivity index (χ2v) is 7.41. The monoisotopic (exact) mass is 373 g/mol. The maximum Gasteiger partial charge on any atom is 0.229 e. The number of aromatic nitrogens is 2. The zero-order valence-corrected chi connectivity index (χ0v) is 16.6. The lowest BCUT2D eigenvalue weighted by atomic mass is 10.1. The Morgan fingerprint density at radius 3 is 2.29 bits per heavy atom. The van der Waals surface area contributed by atoms with Crippen molar-refractivity contribution < 1.29 is 0 Å². The lowest BCUT2D eigenvalue weighted by Crippen LogP contribution is -2.29. The van der Waals surface area contributed by atoms with Crippen LogP contribution in [0.5, 0.6) is 0 Å². The van der Waals surface area contributed by atoms with Gasteiger partial charge in [-0.15, -0.1) is 0 Å². The number of hydrogen-bond acceptors (Lipinski definition) is 5. The molecule has 1 aromatic heterocycles. The molecule has 1 aliphatic rings. The number of aryl methyl sites for hydroxylation is 2. The fourth-order valence-corrected chi connectivity index (χ4v) is 3.49. The lowest BCUT2D eigenvalue weighted by Gasteiger charge is -2.28. The molecule has 5 nitrogen and oxygen atoms in total. The molecule has 144 valence electrons. The highest BCUT2D eigenvalue weighted by Gasteiger charge is 2.10. The molecule has 0 radical (unpaired) electrons. The molecule has 2 aromatic carbocycles. The van der Waals surface area contributed by atoms with Gasteiger partial charge >= 0.3 is 0 Å². The second kappa shape index (κ2) is 8.30. The van der Waals surface area contributed by atoms with E-state index < -0.39 is 0 Å². The molecule has 1 aliphatic heterocycles. The Hall–Kier alpha value is -3.08. The van der Waals surface area contributed by atoms with Gasteiger partial charge in [-0.25, -0.2) is 4.98 Å². The van der Waals surface area contributed by atoms with E-state index in [-0.39, 0.29) is 0 Å². The normalized spacial score (nSPS) is 14.0. The minimum absolute atomic E-state index is 0.583. The van der Waals surface area contributed by atoms with Gasteiger partial charge in [-0.1, -0.05) is 6.07 Å². The van der Waals surface area contributed by atoms with Crippen molar-refractivity contribution in [3.8, 4) is 0 Å². The zero-order chi connectivity index (χ0) is 19.3. The molecule has 0 saturated carbocycles. The third kappa shape index (κ3) is 4.42. The summed E-state index contributed by atoms with van der Waals surface area (Å²) < 4.78 is 0. The number of benzene rings is 2. The summed E-state index contributed by atoms with van der Waals surface area (Å²) in [6.45, 7) is 6.54. The molecule has 2 N–H and O–H groups in total. The Morgan fingerprint density at radius 1 is 0.786 bits per heavy atom. The van der Waals surface area contributed by atoms with Crippen molar-refractivity contribution in [3.63, 3.8) is 0 Å². The number of hydrogen-bond donors (Lipinski definition) is 2. The van der Waals surface area contributed by atoms with Gasteiger partial charge in [0, 0.05) is 36.3 Å². The third-order valence-electron chi connectivity index (χ3n) is 5.28. The Balaban J connectivity index is 1.43. The maximum atomic E-state index is 4.58. The summed E-state index contributed by atoms with van der Waals surface area (Å²) in [5.74, 6) is 1.35. The Kier molecular flexibility index (Phi) is 5.42. The first kappa shape index (κ1) is 18.3. The average molecular weight is 374 g/mol. The second-order valence-electron chi connectivity index (χ2n) is 7.41. The minimum atomic E-state index is 0.583. The van der Waals surface area contributed by atoms with Crippen LogP contribution in [0, 0.1) is 13.8 Å². The van der Waals surface area contributed by atoms with Crippen LogP contribution < -0.4 is 15.5 Å². The smallest absolute Gasteiger partial charge is 0.229 e. The summed E-state index contributed by atoms with van der Waals surface area (Å²) in [6.07, 6.45) is 5.68. The average Bonchev–Trinajstić information content (AvgIpc) is 2.72. The largest absolute Gasteiger partial charge is 0.372 e. The van der Waals surface area contributed by atoms with Crippen LogP contribution in [0.2, 0.25) is 0 Å². The molecule has 28 heavy (non-hydrogen) atoms. The first-order chi connectivity index (χ1) is 13.7. The van der Waals surface area contributed by atoms with Crippen LogP contribution in [0.15, 0.2) is 54.7 Å². The van der Waals surface area contributed by atoms with E-state index in [0.29, 0.717) is 5.95 Å². The molecule has 0 aliphatic carbocycles. The van der Waals surface area contributed by atoms with Gasteiger partial charge in [-0.05, 0) is 86.7 Å². The summed E-state index contributed by atoms with van der Waals surface area (Å²) in [4.78, 5) is 11.4. The first-order valence-corrected chi connectivity index (χ1v) is 9.97. The third-order valence-corrected chi connectivity index (χ3v) is 5.28. The van der Waals surface area contributed by atoms with Crippen LogP contribution in [0.3, 0.4) is 0 Å². The number of anilines is 5. The van der Waals surface area contributed by atoms with E-state index in [1.54, 1.807) is 6.20 Å². The first-order valence-electron chi connectivity index (χ1n) is 9.97. The van der Waals surface area contributed by atoms with E-state index in [2.05, 4.69) is 81.8 Å². The molecule has 0 atom stereocenters. The van der Waals surface area contributed by atoms with Crippen LogP contribution in [0.1, 0.15) is 30.4 Å². The number of nitrogens with one attached hydrogen (secondary N) is 2. The topological polar surface area (TPSA) is 53.1 Å². The van der Waals surface area contributed by atoms with Gasteiger partial charge in [0.1, 0.15) is 5.82 Å². The van der Waals surface area contributed by atoms with Crippen LogP contribution in [-0.4, -0.2) is 23.1 Å². The van der Waals surface area contributed by atoms with Crippen molar-refractivity contribution in [1.82, 2.24) is 9.97 Å². The Morgan fingerprint density at radius 2 is 1.54 bits per heavy atom. The number of rotatable bonds is 5. The maximum absolute atomic E-state index is 4.58. The summed E-state index contributed by atoms with van der Waals surface area (Å²) in [6, 6.07) is 16.7. The van der Waals surface area contributed by atoms with Gasteiger partial charge in [-0.3, -0.25) is 0 Å². The quantitative estimate of drug-likeness (QED) is 0.612. The molecule has 3 aromatic rings. The van der Waals surface area contributed by atoms with E-state index in [9.17, 15) is 0 Å². The highest BCUT2D eigenvalue weighted by molar-refractivity contribution is 5.62. The molecular weight excluding hydrogens is 346 g/mol. The van der Waals surface area contributed by atoms with E-state index in [4.69, 9.17) is 0 Å². The van der Waals surface area contributed by atoms with Crippen molar-refractivity contribution in [2.75, 3.05) is 28.6 Å².